The second-order valence-electron chi connectivity index (χ2n) is 1.16. The van der Waals surface area contributed by atoms with Gasteiger partial charge >= 0.3 is 0 Å². The fourth-order valence-corrected chi connectivity index (χ4v) is 0.404. The van der Waals surface area contributed by atoms with Gasteiger partial charge in [0.15, 0.2) is 0 Å². The topological polar surface area (TPSA) is 103 Å². The van der Waals surface area contributed by atoms with Crippen molar-refractivity contribution < 1.29 is 13.3 Å². The molecule has 2 N–H and O–H groups in total. The van der Waals surface area contributed by atoms with Gasteiger partial charge in [-0.15, -0.1) is 0 Å². The van der Waals surface area contributed by atoms with Crippen molar-refractivity contribution in [1.29, 1.82) is 0 Å². The number of nitrogens with zero attached hydrogens (tertiary/aromatic N) is 1. The van der Waals surface area contributed by atoms with Gasteiger partial charge in [-0.3, -0.25) is 10.1 Å². The van der Waals surface area contributed by atoms with E-state index in [2.05, 4.69) is 5.14 Å². The fraction of sp³-hybridized carbons (Fsp3) is 0. The molecule has 6 nitrogen and oxygen atoms in total. The molecule has 0 radical (unpaired) electrons. The van der Waals surface area contributed by atoms with Crippen LogP contribution >= 0.6 is 0 Å². The van der Waals surface area contributed by atoms with E-state index in [-0.39, 0.29) is 6.20 Å². The van der Waals surface area contributed by atoms with Crippen LogP contribution in [0.1, 0.15) is 0 Å². The zero-order valence-corrected chi connectivity index (χ0v) is 5.04. The molecule has 7 heteroatoms. The Hall–Kier alpha value is -0.950. The molecular formula is C2H4N2O4S. The van der Waals surface area contributed by atoms with Crippen LogP contribution in [0.2, 0.25) is 0 Å². The second-order valence-corrected chi connectivity index (χ2v) is 2.61. The van der Waals surface area contributed by atoms with Gasteiger partial charge in [0.1, 0.15) is 5.41 Å². The molecule has 9 heavy (non-hydrogen) atoms. The molecule has 0 saturated heterocycles. The summed E-state index contributed by atoms with van der Waals surface area (Å²) >= 11 is 0. The molecule has 0 aromatic rings. The highest BCUT2D eigenvalue weighted by molar-refractivity contribution is 7.92. The number of sulfonamides is 1. The zero-order chi connectivity index (χ0) is 7.49. The number of primary sulfonamides is 1. The molecule has 0 aliphatic heterocycles. The predicted molar refractivity (Wildman–Crippen MR) is 29.2 cm³/mol. The van der Waals surface area contributed by atoms with Crippen molar-refractivity contribution in [3.63, 3.8) is 0 Å². The van der Waals surface area contributed by atoms with E-state index < -0.39 is 14.9 Å². The van der Waals surface area contributed by atoms with Crippen molar-refractivity contribution in [2.24, 2.45) is 5.14 Å². The maximum atomic E-state index is 9.92. The molecule has 0 aromatic carbocycles. The minimum Gasteiger partial charge on any atom is -0.259 e. The lowest BCUT2D eigenvalue weighted by Gasteiger charge is -1.79. The Morgan fingerprint density at radius 3 is 2.11 bits per heavy atom. The standard InChI is InChI=1S/C2H4N2O4S/c3-9(7,8)2-1-4(5)6/h1-2H,(H2,3,7,8). The van der Waals surface area contributed by atoms with Crippen molar-refractivity contribution in [2.75, 3.05) is 0 Å². The third kappa shape index (κ3) is 7.05. The van der Waals surface area contributed by atoms with E-state index in [1.165, 1.54) is 0 Å². The summed E-state index contributed by atoms with van der Waals surface area (Å²) in [5.41, 5.74) is 0. The Labute approximate surface area is 51.2 Å². The number of rotatable bonds is 2. The third-order valence-corrected chi connectivity index (χ3v) is 0.873. The molecule has 52 valence electrons. The third-order valence-electron chi connectivity index (χ3n) is 0.372. The molecule has 0 amide bonds. The molecule has 0 aliphatic rings. The quantitative estimate of drug-likeness (QED) is 0.405. The Morgan fingerprint density at radius 1 is 1.56 bits per heavy atom. The minimum atomic E-state index is -3.84. The smallest absolute Gasteiger partial charge is 0.247 e. The molecular weight excluding hydrogens is 148 g/mol. The van der Waals surface area contributed by atoms with Crippen LogP contribution in [0.4, 0.5) is 0 Å². The van der Waals surface area contributed by atoms with Gasteiger partial charge in [0.05, 0.1) is 4.92 Å². The van der Waals surface area contributed by atoms with E-state index in [1.807, 2.05) is 0 Å². The first-order valence-electron chi connectivity index (χ1n) is 1.76. The number of hydrogen-bond acceptors (Lipinski definition) is 4. The Morgan fingerprint density at radius 2 is 2.00 bits per heavy atom. The van der Waals surface area contributed by atoms with E-state index in [1.54, 1.807) is 0 Å². The zero-order valence-electron chi connectivity index (χ0n) is 4.22. The molecule has 0 fully saturated rings. The first kappa shape index (κ1) is 8.05. The molecule has 0 saturated carbocycles. The van der Waals surface area contributed by atoms with Crippen LogP contribution < -0.4 is 5.14 Å². The van der Waals surface area contributed by atoms with Crippen LogP contribution in [0.15, 0.2) is 11.6 Å². The lowest BCUT2D eigenvalue weighted by Crippen LogP contribution is -2.07. The monoisotopic (exact) mass is 152 g/mol. The summed E-state index contributed by atoms with van der Waals surface area (Å²) in [6.07, 6.45) is 0.259. The highest BCUT2D eigenvalue weighted by Gasteiger charge is 1.95. The molecule has 0 atom stereocenters. The molecule has 0 heterocycles. The first-order valence-corrected chi connectivity index (χ1v) is 3.37. The van der Waals surface area contributed by atoms with E-state index in [4.69, 9.17) is 0 Å². The van der Waals surface area contributed by atoms with Gasteiger partial charge < -0.3 is 0 Å². The van der Waals surface area contributed by atoms with Gasteiger partial charge in [0.25, 0.3) is 0 Å². The van der Waals surface area contributed by atoms with Crippen molar-refractivity contribution in [3.8, 4) is 0 Å². The van der Waals surface area contributed by atoms with E-state index in [0.717, 1.165) is 0 Å². The number of nitro groups is 1. The minimum absolute atomic E-state index is 0.259. The molecule has 0 unspecified atom stereocenters. The summed E-state index contributed by atoms with van der Waals surface area (Å²) in [4.78, 5) is 8.53. The van der Waals surface area contributed by atoms with Crippen LogP contribution in [0.5, 0.6) is 0 Å². The average Bonchev–Trinajstić information content (AvgIpc) is 1.59. The largest absolute Gasteiger partial charge is 0.259 e. The van der Waals surface area contributed by atoms with Gasteiger partial charge in [0.2, 0.25) is 16.2 Å². The highest BCUT2D eigenvalue weighted by Crippen LogP contribution is 1.79. The summed E-state index contributed by atoms with van der Waals surface area (Å²) in [7, 11) is -3.84. The first-order chi connectivity index (χ1) is 3.92. The second kappa shape index (κ2) is 2.55. The van der Waals surface area contributed by atoms with Gasteiger partial charge in [-0.05, 0) is 0 Å². The van der Waals surface area contributed by atoms with Crippen LogP contribution in [0, 0.1) is 10.1 Å². The van der Waals surface area contributed by atoms with Gasteiger partial charge in [-0.25, -0.2) is 13.6 Å². The Bertz CT molecular complexity index is 227. The summed E-state index contributed by atoms with van der Waals surface area (Å²) in [6, 6.07) is 0. The lowest BCUT2D eigenvalue weighted by atomic mass is 11.1. The van der Waals surface area contributed by atoms with Crippen LogP contribution in [0.25, 0.3) is 0 Å². The SMILES string of the molecule is NS(=O)(=O)C=C[N+](=O)[O-]. The Balaban J connectivity index is 4.21. The molecule has 0 rings (SSSR count). The summed E-state index contributed by atoms with van der Waals surface area (Å²) < 4.78 is 19.8. The molecule has 0 spiro atoms. The normalized spacial score (nSPS) is 12.1. The Kier molecular flexibility index (Phi) is 2.29. The lowest BCUT2D eigenvalue weighted by molar-refractivity contribution is -0.402. The summed E-state index contributed by atoms with van der Waals surface area (Å²) in [6.45, 7) is 0. The summed E-state index contributed by atoms with van der Waals surface area (Å²) in [5, 5.41) is 14.1. The predicted octanol–water partition coefficient (Wildman–Crippen LogP) is -0.977. The molecule has 0 bridgehead atoms. The van der Waals surface area contributed by atoms with Crippen molar-refractivity contribution >= 4 is 10.0 Å². The van der Waals surface area contributed by atoms with Crippen LogP contribution in [-0.4, -0.2) is 13.3 Å². The number of nitrogens with two attached hydrogens (primary N) is 1. The van der Waals surface area contributed by atoms with E-state index >= 15 is 0 Å². The van der Waals surface area contributed by atoms with Gasteiger partial charge in [0, 0.05) is 0 Å². The van der Waals surface area contributed by atoms with Crippen LogP contribution in [-0.2, 0) is 10.0 Å². The maximum absolute atomic E-state index is 9.92. The summed E-state index contributed by atoms with van der Waals surface area (Å²) in [5.74, 6) is 0. The van der Waals surface area contributed by atoms with Crippen molar-refractivity contribution in [3.05, 3.63) is 21.7 Å². The van der Waals surface area contributed by atoms with Crippen LogP contribution in [0.3, 0.4) is 0 Å². The fourth-order valence-electron chi connectivity index (χ4n) is 0.135. The van der Waals surface area contributed by atoms with Crippen molar-refractivity contribution in [1.82, 2.24) is 0 Å². The van der Waals surface area contributed by atoms with E-state index in [0.29, 0.717) is 5.41 Å². The number of hydrogen-bond donors (Lipinski definition) is 1. The van der Waals surface area contributed by atoms with Gasteiger partial charge in [-0.1, -0.05) is 0 Å². The van der Waals surface area contributed by atoms with E-state index in [9.17, 15) is 18.5 Å². The average molecular weight is 152 g/mol. The molecule has 0 aromatic heterocycles. The molecule has 0 aliphatic carbocycles. The van der Waals surface area contributed by atoms with Gasteiger partial charge in [-0.2, -0.15) is 0 Å². The highest BCUT2D eigenvalue weighted by atomic mass is 32.2. The van der Waals surface area contributed by atoms with Crippen molar-refractivity contribution in [2.45, 2.75) is 0 Å². The maximum Gasteiger partial charge on any atom is 0.247 e.